The minimum absolute atomic E-state index is 0.0747. The third kappa shape index (κ3) is 6.12. The van der Waals surface area contributed by atoms with Gasteiger partial charge >= 0.3 is 0 Å². The third-order valence-corrected chi connectivity index (χ3v) is 2.57. The molecule has 0 heterocycles. The van der Waals surface area contributed by atoms with E-state index in [1.54, 1.807) is 0 Å². The van der Waals surface area contributed by atoms with E-state index in [1.165, 1.54) is 11.1 Å². The summed E-state index contributed by atoms with van der Waals surface area (Å²) >= 11 is 5.47. The second kappa shape index (κ2) is 7.91. The molecule has 1 aromatic carbocycles. The molecule has 17 heavy (non-hydrogen) atoms. The molecule has 0 saturated heterocycles. The Morgan fingerprint density at radius 3 is 2.94 bits per heavy atom. The van der Waals surface area contributed by atoms with Crippen molar-refractivity contribution in [2.45, 2.75) is 19.8 Å². The zero-order chi connectivity index (χ0) is 12.5. The maximum atomic E-state index is 11.5. The van der Waals surface area contributed by atoms with E-state index < -0.39 is 0 Å². The van der Waals surface area contributed by atoms with Crippen molar-refractivity contribution in [3.05, 3.63) is 47.5 Å². The molecule has 3 heteroatoms. The zero-order valence-corrected chi connectivity index (χ0v) is 10.8. The Kier molecular flexibility index (Phi) is 6.41. The standard InChI is InChI=1S/C14H18ClNO/c1-12-5-4-6-13(11-12)7-8-14(17)16-10-3-2-9-15/h2-6,11H,7-10H2,1H3,(H,16,17)/b3-2+. The fourth-order valence-electron chi connectivity index (χ4n) is 1.53. The van der Waals surface area contributed by atoms with Crippen LogP contribution in [0, 0.1) is 6.92 Å². The van der Waals surface area contributed by atoms with Crippen molar-refractivity contribution >= 4 is 17.5 Å². The van der Waals surface area contributed by atoms with Crippen molar-refractivity contribution in [3.63, 3.8) is 0 Å². The molecule has 0 bridgehead atoms. The van der Waals surface area contributed by atoms with Crippen molar-refractivity contribution in [2.75, 3.05) is 12.4 Å². The first-order valence-corrected chi connectivity index (χ1v) is 6.29. The minimum atomic E-state index is 0.0747. The highest BCUT2D eigenvalue weighted by Gasteiger charge is 2.00. The van der Waals surface area contributed by atoms with Gasteiger partial charge in [-0.3, -0.25) is 4.79 Å². The number of hydrogen-bond donors (Lipinski definition) is 1. The van der Waals surface area contributed by atoms with Gasteiger partial charge in [-0.2, -0.15) is 0 Å². The smallest absolute Gasteiger partial charge is 0.220 e. The molecule has 0 unspecified atom stereocenters. The van der Waals surface area contributed by atoms with E-state index in [2.05, 4.69) is 24.4 Å². The highest BCUT2D eigenvalue weighted by Crippen LogP contribution is 2.06. The monoisotopic (exact) mass is 251 g/mol. The molecule has 1 aromatic rings. The molecule has 92 valence electrons. The van der Waals surface area contributed by atoms with Crippen molar-refractivity contribution in [1.82, 2.24) is 5.32 Å². The van der Waals surface area contributed by atoms with E-state index in [-0.39, 0.29) is 5.91 Å². The fourth-order valence-corrected chi connectivity index (χ4v) is 1.66. The van der Waals surface area contributed by atoms with Gasteiger partial charge < -0.3 is 5.32 Å². The molecule has 0 aliphatic heterocycles. The number of aryl methyl sites for hydroxylation is 2. The van der Waals surface area contributed by atoms with E-state index in [9.17, 15) is 4.79 Å². The summed E-state index contributed by atoms with van der Waals surface area (Å²) in [6, 6.07) is 8.24. The maximum Gasteiger partial charge on any atom is 0.220 e. The van der Waals surface area contributed by atoms with Gasteiger partial charge in [-0.15, -0.1) is 11.6 Å². The lowest BCUT2D eigenvalue weighted by Gasteiger charge is -2.03. The van der Waals surface area contributed by atoms with Crippen molar-refractivity contribution < 1.29 is 4.79 Å². The summed E-state index contributed by atoms with van der Waals surface area (Å²) < 4.78 is 0. The summed E-state index contributed by atoms with van der Waals surface area (Å²) in [4.78, 5) is 11.5. The molecular formula is C14H18ClNO. The van der Waals surface area contributed by atoms with Crippen LogP contribution in [0.5, 0.6) is 0 Å². The number of halogens is 1. The lowest BCUT2D eigenvalue weighted by atomic mass is 10.1. The van der Waals surface area contributed by atoms with Gasteiger partial charge in [0.2, 0.25) is 5.91 Å². The van der Waals surface area contributed by atoms with Gasteiger partial charge in [0.25, 0.3) is 0 Å². The number of carbonyl (C=O) groups is 1. The number of alkyl halides is 1. The summed E-state index contributed by atoms with van der Waals surface area (Å²) in [6.07, 6.45) is 4.99. The molecule has 0 atom stereocenters. The number of rotatable bonds is 6. The number of nitrogens with one attached hydrogen (secondary N) is 1. The molecule has 1 amide bonds. The second-order valence-electron chi connectivity index (χ2n) is 3.92. The van der Waals surface area contributed by atoms with Crippen LogP contribution in [-0.4, -0.2) is 18.3 Å². The first-order valence-electron chi connectivity index (χ1n) is 5.75. The van der Waals surface area contributed by atoms with Crippen LogP contribution < -0.4 is 5.32 Å². The van der Waals surface area contributed by atoms with Crippen LogP contribution >= 0.6 is 11.6 Å². The van der Waals surface area contributed by atoms with Gasteiger partial charge in [0.05, 0.1) is 0 Å². The lowest BCUT2D eigenvalue weighted by Crippen LogP contribution is -2.23. The van der Waals surface area contributed by atoms with Crippen LogP contribution in [0.25, 0.3) is 0 Å². The summed E-state index contributed by atoms with van der Waals surface area (Å²) in [5, 5.41) is 2.82. The van der Waals surface area contributed by atoms with Crippen molar-refractivity contribution in [3.8, 4) is 0 Å². The minimum Gasteiger partial charge on any atom is -0.353 e. The van der Waals surface area contributed by atoms with E-state index in [4.69, 9.17) is 11.6 Å². The molecule has 0 radical (unpaired) electrons. The van der Waals surface area contributed by atoms with E-state index in [0.717, 1.165) is 6.42 Å². The van der Waals surface area contributed by atoms with Gasteiger partial charge in [0.15, 0.2) is 0 Å². The molecule has 1 rings (SSSR count). The van der Waals surface area contributed by atoms with Crippen LogP contribution in [-0.2, 0) is 11.2 Å². The average molecular weight is 252 g/mol. The maximum absolute atomic E-state index is 11.5. The molecule has 0 fully saturated rings. The Hall–Kier alpha value is -1.28. The SMILES string of the molecule is Cc1cccc(CCC(=O)NC/C=C/CCl)c1. The van der Waals surface area contributed by atoms with Crippen LogP contribution in [0.2, 0.25) is 0 Å². The molecule has 0 spiro atoms. The highest BCUT2D eigenvalue weighted by molar-refractivity contribution is 6.18. The first kappa shape index (κ1) is 13.8. The topological polar surface area (TPSA) is 29.1 Å². The van der Waals surface area contributed by atoms with Crippen molar-refractivity contribution in [1.29, 1.82) is 0 Å². The number of benzene rings is 1. The van der Waals surface area contributed by atoms with E-state index in [0.29, 0.717) is 18.8 Å². The quantitative estimate of drug-likeness (QED) is 0.611. The molecule has 0 saturated carbocycles. The van der Waals surface area contributed by atoms with Crippen molar-refractivity contribution in [2.24, 2.45) is 0 Å². The molecule has 0 aliphatic rings. The Labute approximate surface area is 108 Å². The molecule has 1 N–H and O–H groups in total. The zero-order valence-electron chi connectivity index (χ0n) is 10.1. The molecular weight excluding hydrogens is 234 g/mol. The van der Waals surface area contributed by atoms with Gasteiger partial charge in [-0.1, -0.05) is 42.0 Å². The number of hydrogen-bond acceptors (Lipinski definition) is 1. The molecule has 0 aliphatic carbocycles. The fraction of sp³-hybridized carbons (Fsp3) is 0.357. The Bertz CT molecular complexity index is 388. The molecule has 0 aromatic heterocycles. The Balaban J connectivity index is 2.26. The van der Waals surface area contributed by atoms with Gasteiger partial charge in [0, 0.05) is 18.8 Å². The predicted molar refractivity (Wildman–Crippen MR) is 72.4 cm³/mol. The second-order valence-corrected chi connectivity index (χ2v) is 4.23. The first-order chi connectivity index (χ1) is 8.22. The van der Waals surface area contributed by atoms with Gasteiger partial charge in [-0.25, -0.2) is 0 Å². The number of allylic oxidation sites excluding steroid dienone is 1. The molecule has 2 nitrogen and oxygen atoms in total. The predicted octanol–water partition coefficient (Wildman–Crippen LogP) is 2.84. The lowest BCUT2D eigenvalue weighted by molar-refractivity contribution is -0.120. The number of amides is 1. The summed E-state index contributed by atoms with van der Waals surface area (Å²) in [6.45, 7) is 2.61. The van der Waals surface area contributed by atoms with Crippen LogP contribution in [0.3, 0.4) is 0 Å². The average Bonchev–Trinajstić information content (AvgIpc) is 2.32. The third-order valence-electron chi connectivity index (χ3n) is 2.40. The Morgan fingerprint density at radius 1 is 1.41 bits per heavy atom. The Morgan fingerprint density at radius 2 is 2.24 bits per heavy atom. The van der Waals surface area contributed by atoms with E-state index >= 15 is 0 Å². The van der Waals surface area contributed by atoms with E-state index in [1.807, 2.05) is 24.3 Å². The number of carbonyl (C=O) groups excluding carboxylic acids is 1. The largest absolute Gasteiger partial charge is 0.353 e. The van der Waals surface area contributed by atoms with Crippen LogP contribution in [0.4, 0.5) is 0 Å². The van der Waals surface area contributed by atoms with Crippen LogP contribution in [0.1, 0.15) is 17.5 Å². The van der Waals surface area contributed by atoms with Gasteiger partial charge in [-0.05, 0) is 18.9 Å². The summed E-state index contributed by atoms with van der Waals surface area (Å²) in [5.41, 5.74) is 2.43. The van der Waals surface area contributed by atoms with Crippen LogP contribution in [0.15, 0.2) is 36.4 Å². The summed E-state index contributed by atoms with van der Waals surface area (Å²) in [5.74, 6) is 0.560. The highest BCUT2D eigenvalue weighted by atomic mass is 35.5. The van der Waals surface area contributed by atoms with Gasteiger partial charge in [0.1, 0.15) is 0 Å². The summed E-state index contributed by atoms with van der Waals surface area (Å²) in [7, 11) is 0. The normalized spacial score (nSPS) is 10.7.